The summed E-state index contributed by atoms with van der Waals surface area (Å²) in [6.07, 6.45) is 4.77. The fraction of sp³-hybridized carbons (Fsp3) is 0.532. The molecule has 2 fully saturated rings. The summed E-state index contributed by atoms with van der Waals surface area (Å²) in [5.74, 6) is -8.64. The van der Waals surface area contributed by atoms with Gasteiger partial charge in [0.2, 0.25) is 27.3 Å². The Bertz CT molecular complexity index is 4000. The second-order valence-corrected chi connectivity index (χ2v) is 36.1. The third-order valence-electron chi connectivity index (χ3n) is 17.8. The fourth-order valence-electron chi connectivity index (χ4n) is 11.1. The zero-order valence-electron chi connectivity index (χ0n) is 64.2. The number of benzene rings is 4. The van der Waals surface area contributed by atoms with E-state index >= 15 is 8.78 Å². The van der Waals surface area contributed by atoms with Crippen LogP contribution >= 0.6 is 0 Å². The van der Waals surface area contributed by atoms with Gasteiger partial charge in [-0.2, -0.15) is 21.6 Å². The molecule has 31 heteroatoms. The number of anilines is 2. The van der Waals surface area contributed by atoms with Crippen molar-refractivity contribution >= 4 is 75.1 Å². The van der Waals surface area contributed by atoms with Crippen LogP contribution in [-0.4, -0.2) is 142 Å². The summed E-state index contributed by atoms with van der Waals surface area (Å²) in [7, 11) is 5.39. The van der Waals surface area contributed by atoms with Crippen LogP contribution in [-0.2, 0) is 65.7 Å². The van der Waals surface area contributed by atoms with Crippen molar-refractivity contribution < 1.29 is 115 Å². The molecule has 2 saturated heterocycles. The van der Waals surface area contributed by atoms with Gasteiger partial charge in [0.15, 0.2) is 37.3 Å². The second-order valence-electron chi connectivity index (χ2n) is 29.8. The predicted octanol–water partition coefficient (Wildman–Crippen LogP) is 17.4. The summed E-state index contributed by atoms with van der Waals surface area (Å²) in [4.78, 5) is 47.5. The molecule has 4 aliphatic rings. The molecule has 4 radical (unpaired) electrons. The van der Waals surface area contributed by atoms with E-state index in [9.17, 15) is 40.8 Å². The van der Waals surface area contributed by atoms with Crippen LogP contribution in [0.2, 0.25) is 18.1 Å². The van der Waals surface area contributed by atoms with Crippen LogP contribution in [0.15, 0.2) is 115 Å². The Hall–Kier alpha value is -7.61. The van der Waals surface area contributed by atoms with Crippen molar-refractivity contribution in [3.8, 4) is 28.7 Å². The molecule has 0 spiro atoms. The number of alkyl halides is 3. The lowest BCUT2D eigenvalue weighted by molar-refractivity contribution is -0.158. The van der Waals surface area contributed by atoms with Gasteiger partial charge < -0.3 is 76.1 Å². The average molecular weight is 1550 g/mol. The first kappa shape index (κ1) is 91.0. The number of cyclic esters (lactones) is 2. The molecule has 4 aromatic rings. The first-order chi connectivity index (χ1) is 49.4. The third-order valence-corrected chi connectivity index (χ3v) is 23.3. The van der Waals surface area contributed by atoms with E-state index in [4.69, 9.17) is 77.0 Å². The zero-order valence-corrected chi connectivity index (χ0v) is 66.1. The van der Waals surface area contributed by atoms with Crippen LogP contribution < -0.4 is 33.8 Å². The van der Waals surface area contributed by atoms with Gasteiger partial charge in [-0.3, -0.25) is 9.59 Å². The average Bonchev–Trinajstić information content (AvgIpc) is 1.17. The number of carbonyl (C=O) groups is 4. The minimum Gasteiger partial charge on any atom is -0.497 e. The Morgan fingerprint density at radius 3 is 1.45 bits per heavy atom. The van der Waals surface area contributed by atoms with Crippen LogP contribution in [0.25, 0.3) is 6.08 Å². The molecule has 108 heavy (non-hydrogen) atoms. The topological polar surface area (TPSA) is 256 Å². The SMILES string of the molecule is C.C=CC[C@@H]1OC(C)(C)O[C@@H]1[C@H](OCc1ccc(OC)cc1)/C(F)=C\[C@@H](C)[C@H](C)O[Si](C)(C)C(C)(C)C.[B]C(=O)Nc1cc(/C=C/C[C@@H]2OC(C)(C)O[C@@H]2[C@H](OCc2ccc(OC)cc2)/C(F)=C\[C@@H](C)C(C)C)c2c(c1)OC(C)(C)OC2=O.[B]C(=O)Nc1cc2c(c(OS(=O)(=O)C(F)(F)F)c1)C(=O)OC(C)(C)O2. The van der Waals surface area contributed by atoms with Gasteiger partial charge in [-0.25, -0.2) is 18.4 Å². The number of methoxy groups -OCH3 is 2. The van der Waals surface area contributed by atoms with Crippen molar-refractivity contribution in [2.24, 2.45) is 17.8 Å². The Labute approximate surface area is 635 Å². The van der Waals surface area contributed by atoms with E-state index in [2.05, 4.69) is 49.9 Å². The van der Waals surface area contributed by atoms with Gasteiger partial charge in [0.25, 0.3) is 0 Å². The van der Waals surface area contributed by atoms with Gasteiger partial charge in [0.05, 0.1) is 39.6 Å². The molecule has 4 heterocycles. The molecular weight excluding hydrogens is 1450 g/mol. The zero-order chi connectivity index (χ0) is 80.3. The number of allylic oxidation sites excluding steroid dienone is 1. The highest BCUT2D eigenvalue weighted by Crippen LogP contribution is 2.45. The van der Waals surface area contributed by atoms with Crippen LogP contribution in [0, 0.1) is 17.8 Å². The number of hydrogen-bond donors (Lipinski definition) is 2. The Kier molecular flexibility index (Phi) is 31.1. The lowest BCUT2D eigenvalue weighted by Crippen LogP contribution is -2.44. The molecule has 9 atom stereocenters. The maximum absolute atomic E-state index is 16.1. The van der Waals surface area contributed by atoms with Crippen LogP contribution in [0.3, 0.4) is 0 Å². The van der Waals surface area contributed by atoms with E-state index in [1.54, 1.807) is 78.4 Å². The summed E-state index contributed by atoms with van der Waals surface area (Å²) in [6.45, 7) is 38.3. The first-order valence-corrected chi connectivity index (χ1v) is 38.9. The quantitative estimate of drug-likeness (QED) is 0.0140. The maximum Gasteiger partial charge on any atom is 0.534 e. The number of hydrogen-bond acceptors (Lipinski definition) is 20. The van der Waals surface area contributed by atoms with E-state index in [-0.39, 0.29) is 90.6 Å². The van der Waals surface area contributed by atoms with Gasteiger partial charge >= 0.3 is 27.6 Å². The summed E-state index contributed by atoms with van der Waals surface area (Å²) in [5, 5.41) is 4.62. The normalized spacial score (nSPS) is 20.8. The molecule has 4 aromatic carbocycles. The molecule has 22 nitrogen and oxygen atoms in total. The minimum atomic E-state index is -6.09. The van der Waals surface area contributed by atoms with Gasteiger partial charge in [-0.05, 0) is 137 Å². The van der Waals surface area contributed by atoms with Gasteiger partial charge in [-0.1, -0.05) is 98.4 Å². The van der Waals surface area contributed by atoms with Crippen LogP contribution in [0.5, 0.6) is 28.7 Å². The van der Waals surface area contributed by atoms with E-state index in [1.165, 1.54) is 19.9 Å². The number of fused-ring (bicyclic) bond motifs is 2. The maximum atomic E-state index is 16.1. The number of carbonyl (C=O) groups excluding carboxylic acids is 4. The smallest absolute Gasteiger partial charge is 0.497 e. The Morgan fingerprint density at radius 1 is 0.630 bits per heavy atom. The van der Waals surface area contributed by atoms with Crippen LogP contribution in [0.4, 0.5) is 42.9 Å². The predicted molar refractivity (Wildman–Crippen MR) is 404 cm³/mol. The number of amides is 2. The highest BCUT2D eigenvalue weighted by atomic mass is 32.2. The third kappa shape index (κ3) is 25.5. The van der Waals surface area contributed by atoms with E-state index in [1.807, 2.05) is 102 Å². The number of esters is 2. The molecule has 8 rings (SSSR count). The number of nitrogens with one attached hydrogen (secondary N) is 2. The monoisotopic (exact) mass is 1550 g/mol. The highest BCUT2D eigenvalue weighted by Gasteiger charge is 2.51. The first-order valence-electron chi connectivity index (χ1n) is 34.6. The van der Waals surface area contributed by atoms with Crippen molar-refractivity contribution in [3.05, 3.63) is 143 Å². The molecule has 0 aliphatic carbocycles. The van der Waals surface area contributed by atoms with Crippen molar-refractivity contribution in [2.45, 2.75) is 234 Å². The summed E-state index contributed by atoms with van der Waals surface area (Å²) in [6, 6.07) is 19.7. The molecule has 0 unspecified atom stereocenters. The fourth-order valence-corrected chi connectivity index (χ4v) is 13.0. The van der Waals surface area contributed by atoms with E-state index < -0.39 is 118 Å². The summed E-state index contributed by atoms with van der Waals surface area (Å²) < 4.78 is 172. The lowest BCUT2D eigenvalue weighted by Gasteiger charge is -2.39. The van der Waals surface area contributed by atoms with E-state index in [0.29, 0.717) is 29.5 Å². The van der Waals surface area contributed by atoms with E-state index in [0.717, 1.165) is 22.9 Å². The molecule has 0 aromatic heterocycles. The number of ether oxygens (including phenoxy) is 12. The van der Waals surface area contributed by atoms with Gasteiger partial charge in [0.1, 0.15) is 70.2 Å². The lowest BCUT2D eigenvalue weighted by atomic mass is 9.95. The molecule has 0 bridgehead atoms. The van der Waals surface area contributed by atoms with Gasteiger partial charge in [-0.15, -0.1) is 6.58 Å². The van der Waals surface area contributed by atoms with Crippen molar-refractivity contribution in [3.63, 3.8) is 0 Å². The summed E-state index contributed by atoms with van der Waals surface area (Å²) >= 11 is 0. The number of halogens is 5. The second kappa shape index (κ2) is 36.9. The van der Waals surface area contributed by atoms with Crippen molar-refractivity contribution in [1.29, 1.82) is 0 Å². The molecular formula is C77H103B2F5N2O20SSi. The largest absolute Gasteiger partial charge is 0.534 e. The van der Waals surface area contributed by atoms with Gasteiger partial charge in [0, 0.05) is 69.3 Å². The highest BCUT2D eigenvalue weighted by molar-refractivity contribution is 7.88. The molecule has 2 amide bonds. The standard InChI is InChI=1S/C35H43BFNO8.C29H47FO5Si.C12H9BF3NO7S.CH4/c1-20(2)21(3)16-26(37)30(42-19-22-12-14-25(41-8)15-13-22)31-27(43-34(4,5)45-31)11-9-10-23-17-24(38-33(36)40)18-28-29(23)32(39)46-35(6,7)44-28;1-12-13-25-27(34-29(7,8)33-25)26(32-19-22-14-16-23(31-9)17-15-22)24(30)18-20(2)21(3)35-36(10,11)28(4,5)6;1-11(2)22-6-3-5(17-10(13)19)4-7(8(6)9(18)23-11)24-25(20,21)12(14,15)16;/h9-10,12-18,20-21,27,30-31H,11,19H2,1-8H3,(H,38,40);12,14-18,20-21,25-27H,1,13,19H2,2-11H3;3-4H,1-2H3,(H,17,19);1H4/b10-9+,26-16+;24-18+;;/t21-,27+,30-,31+;20-,21+,25+,26-,27+;;/m11../s1. The molecule has 592 valence electrons. The Morgan fingerprint density at radius 2 is 1.05 bits per heavy atom. The molecule has 4 aliphatic heterocycles. The van der Waals surface area contributed by atoms with Crippen molar-refractivity contribution in [2.75, 3.05) is 24.9 Å². The Balaban J connectivity index is 0.000000302. The van der Waals surface area contributed by atoms with Crippen LogP contribution in [0.1, 0.15) is 168 Å². The molecule has 0 saturated carbocycles. The molecule has 2 N–H and O–H groups in total. The minimum absolute atomic E-state index is 0. The number of rotatable bonds is 27. The van der Waals surface area contributed by atoms with Crippen molar-refractivity contribution in [1.82, 2.24) is 0 Å². The summed E-state index contributed by atoms with van der Waals surface area (Å²) in [5.41, 5.74) is -3.97.